The van der Waals surface area contributed by atoms with Gasteiger partial charge in [0, 0.05) is 38.6 Å². The van der Waals surface area contributed by atoms with E-state index < -0.39 is 10.0 Å². The molecule has 1 aliphatic heterocycles. The molecular formula is C28H37Cl2N5O4S. The number of halogens is 2. The normalized spacial score (nSPS) is 13.7. The number of nitrogens with zero attached hydrogens (tertiary/aromatic N) is 2. The van der Waals surface area contributed by atoms with E-state index in [-0.39, 0.29) is 55.7 Å². The molecule has 12 heteroatoms. The number of fused-ring (bicyclic) bond motifs is 1. The van der Waals surface area contributed by atoms with Gasteiger partial charge < -0.3 is 20.1 Å². The molecule has 4 N–H and O–H groups in total. The minimum absolute atomic E-state index is 0. The van der Waals surface area contributed by atoms with Gasteiger partial charge in [-0.15, -0.1) is 24.8 Å². The second-order valence-electron chi connectivity index (χ2n) is 9.51. The highest BCUT2D eigenvalue weighted by atomic mass is 35.5. The summed E-state index contributed by atoms with van der Waals surface area (Å²) >= 11 is 0. The van der Waals surface area contributed by atoms with Crippen LogP contribution in [0.25, 0.3) is 10.8 Å². The van der Waals surface area contributed by atoms with Gasteiger partial charge in [-0.05, 0) is 59.7 Å². The molecule has 3 aromatic carbocycles. The SMILES string of the molecule is COCCS(=O)(=O)N(Cc1ccc2ccc(C(=N)N)cc2c1)c1ccc(OC2CCN(C(C)=N)CC2)cc1.Cl.Cl. The average Bonchev–Trinajstić information content (AvgIpc) is 2.91. The molecule has 1 heterocycles. The first-order valence-electron chi connectivity index (χ1n) is 12.6. The molecule has 0 aromatic heterocycles. The lowest BCUT2D eigenvalue weighted by Gasteiger charge is -2.33. The molecule has 1 aliphatic rings. The van der Waals surface area contributed by atoms with Gasteiger partial charge in [-0.2, -0.15) is 0 Å². The summed E-state index contributed by atoms with van der Waals surface area (Å²) in [6.45, 7) is 3.63. The van der Waals surface area contributed by atoms with Crippen molar-refractivity contribution in [2.24, 2.45) is 5.73 Å². The minimum atomic E-state index is -3.68. The zero-order valence-corrected chi connectivity index (χ0v) is 25.1. The number of amidine groups is 2. The first-order chi connectivity index (χ1) is 18.2. The number of nitrogens with two attached hydrogens (primary N) is 1. The zero-order valence-electron chi connectivity index (χ0n) is 22.6. The van der Waals surface area contributed by atoms with Crippen LogP contribution in [0, 0.1) is 10.8 Å². The monoisotopic (exact) mass is 609 g/mol. The van der Waals surface area contributed by atoms with Crippen molar-refractivity contribution >= 4 is 63.0 Å². The number of nitrogens with one attached hydrogen (secondary N) is 2. The Morgan fingerprint density at radius 3 is 2.25 bits per heavy atom. The molecule has 0 amide bonds. The fourth-order valence-corrected chi connectivity index (χ4v) is 5.96. The Morgan fingerprint density at radius 1 is 1.00 bits per heavy atom. The molecule has 0 atom stereocenters. The Morgan fingerprint density at radius 2 is 1.65 bits per heavy atom. The third-order valence-electron chi connectivity index (χ3n) is 6.77. The smallest absolute Gasteiger partial charge is 0.237 e. The van der Waals surface area contributed by atoms with Crippen LogP contribution in [0.1, 0.15) is 30.9 Å². The molecule has 0 bridgehead atoms. The molecule has 9 nitrogen and oxygen atoms in total. The summed E-state index contributed by atoms with van der Waals surface area (Å²) in [6.07, 6.45) is 1.74. The molecule has 4 rings (SSSR count). The zero-order chi connectivity index (χ0) is 27.3. The van der Waals surface area contributed by atoms with Gasteiger partial charge in [0.25, 0.3) is 0 Å². The number of piperidine rings is 1. The topological polar surface area (TPSA) is 133 Å². The van der Waals surface area contributed by atoms with Gasteiger partial charge in [-0.25, -0.2) is 8.42 Å². The number of hydrogen-bond donors (Lipinski definition) is 3. The maximum absolute atomic E-state index is 13.3. The summed E-state index contributed by atoms with van der Waals surface area (Å²) in [4.78, 5) is 2.04. The molecule has 0 radical (unpaired) electrons. The lowest BCUT2D eigenvalue weighted by atomic mass is 10.0. The molecule has 0 aliphatic carbocycles. The average molecular weight is 611 g/mol. The van der Waals surface area contributed by atoms with E-state index in [4.69, 9.17) is 26.0 Å². The van der Waals surface area contributed by atoms with Gasteiger partial charge in [-0.3, -0.25) is 15.1 Å². The van der Waals surface area contributed by atoms with Crippen molar-refractivity contribution in [3.63, 3.8) is 0 Å². The predicted octanol–water partition coefficient (Wildman–Crippen LogP) is 4.79. The van der Waals surface area contributed by atoms with E-state index in [0.29, 0.717) is 22.8 Å². The van der Waals surface area contributed by atoms with Gasteiger partial charge in [0.05, 0.1) is 30.4 Å². The van der Waals surface area contributed by atoms with Gasteiger partial charge in [0.2, 0.25) is 10.0 Å². The van der Waals surface area contributed by atoms with Crippen molar-refractivity contribution in [3.05, 3.63) is 71.8 Å². The number of hydrogen-bond acceptors (Lipinski definition) is 6. The molecule has 0 spiro atoms. The van der Waals surface area contributed by atoms with Gasteiger partial charge in [0.1, 0.15) is 17.7 Å². The number of rotatable bonds is 10. The van der Waals surface area contributed by atoms with Crippen molar-refractivity contribution in [1.82, 2.24) is 4.90 Å². The third kappa shape index (κ3) is 8.23. The fourth-order valence-electron chi connectivity index (χ4n) is 4.57. The highest BCUT2D eigenvalue weighted by Gasteiger charge is 2.24. The number of nitrogen functional groups attached to an aromatic ring is 1. The summed E-state index contributed by atoms with van der Waals surface area (Å²) in [6, 6.07) is 18.5. The molecule has 1 fully saturated rings. The van der Waals surface area contributed by atoms with Crippen LogP contribution in [0.4, 0.5) is 5.69 Å². The van der Waals surface area contributed by atoms with E-state index in [9.17, 15) is 8.42 Å². The van der Waals surface area contributed by atoms with Gasteiger partial charge in [0.15, 0.2) is 0 Å². The summed E-state index contributed by atoms with van der Waals surface area (Å²) in [5, 5.41) is 17.4. The van der Waals surface area contributed by atoms with Crippen molar-refractivity contribution in [2.45, 2.75) is 32.4 Å². The maximum Gasteiger partial charge on any atom is 0.237 e. The summed E-state index contributed by atoms with van der Waals surface area (Å²) in [7, 11) is -2.20. The lowest BCUT2D eigenvalue weighted by Crippen LogP contribution is -2.40. The van der Waals surface area contributed by atoms with Crippen molar-refractivity contribution in [3.8, 4) is 5.75 Å². The maximum atomic E-state index is 13.3. The highest BCUT2D eigenvalue weighted by molar-refractivity contribution is 7.92. The van der Waals surface area contributed by atoms with Crippen LogP contribution in [0.2, 0.25) is 0 Å². The van der Waals surface area contributed by atoms with Gasteiger partial charge >= 0.3 is 0 Å². The van der Waals surface area contributed by atoms with E-state index in [0.717, 1.165) is 42.3 Å². The standard InChI is InChI=1S/C28H35N5O4S.2ClH/c1-20(29)32-13-11-27(12-14-32)37-26-9-7-25(8-10-26)33(38(34,35)16-15-36-2)19-21-3-4-22-5-6-23(28(30)31)18-24(22)17-21;;/h3-10,17-18,27,29H,11-16,19H2,1-2H3,(H3,30,31);2*1H. The molecule has 3 aromatic rings. The van der Waals surface area contributed by atoms with E-state index in [2.05, 4.69) is 0 Å². The van der Waals surface area contributed by atoms with E-state index in [1.54, 1.807) is 25.1 Å². The largest absolute Gasteiger partial charge is 0.490 e. The fraction of sp³-hybridized carbons (Fsp3) is 0.357. The summed E-state index contributed by atoms with van der Waals surface area (Å²) in [5.74, 6) is 1.11. The number of ether oxygens (including phenoxy) is 2. The Balaban J connectivity index is 0.00000280. The first kappa shape index (κ1) is 33.2. The Bertz CT molecular complexity index is 1410. The molecular weight excluding hydrogens is 573 g/mol. The van der Waals surface area contributed by atoms with Crippen molar-refractivity contribution in [2.75, 3.05) is 36.9 Å². The second kappa shape index (κ2) is 14.5. The van der Waals surface area contributed by atoms with E-state index in [1.165, 1.54) is 11.4 Å². The van der Waals surface area contributed by atoms with Crippen LogP contribution in [-0.2, 0) is 21.3 Å². The number of sulfonamides is 1. The van der Waals surface area contributed by atoms with E-state index >= 15 is 0 Å². The first-order valence-corrected chi connectivity index (χ1v) is 14.2. The Labute approximate surface area is 248 Å². The van der Waals surface area contributed by atoms with Crippen LogP contribution < -0.4 is 14.8 Å². The number of methoxy groups -OCH3 is 1. The third-order valence-corrected chi connectivity index (χ3v) is 8.46. The number of benzene rings is 3. The molecule has 0 unspecified atom stereocenters. The lowest BCUT2D eigenvalue weighted by molar-refractivity contribution is 0.130. The van der Waals surface area contributed by atoms with Gasteiger partial charge in [-0.1, -0.05) is 24.3 Å². The van der Waals surface area contributed by atoms with E-state index in [1.807, 2.05) is 47.4 Å². The Hall–Kier alpha value is -3.05. The molecule has 1 saturated heterocycles. The highest BCUT2D eigenvalue weighted by Crippen LogP contribution is 2.27. The van der Waals surface area contributed by atoms with Crippen molar-refractivity contribution in [1.29, 1.82) is 10.8 Å². The van der Waals surface area contributed by atoms with Crippen LogP contribution >= 0.6 is 24.8 Å². The predicted molar refractivity (Wildman–Crippen MR) is 166 cm³/mol. The number of likely N-dealkylation sites (tertiary alicyclic amines) is 1. The molecule has 218 valence electrons. The van der Waals surface area contributed by atoms with Crippen LogP contribution in [-0.4, -0.2) is 63.7 Å². The number of anilines is 1. The van der Waals surface area contributed by atoms with Crippen LogP contribution in [0.5, 0.6) is 5.75 Å². The van der Waals surface area contributed by atoms with Crippen LogP contribution in [0.15, 0.2) is 60.7 Å². The quantitative estimate of drug-likeness (QED) is 0.223. The van der Waals surface area contributed by atoms with Crippen LogP contribution in [0.3, 0.4) is 0 Å². The minimum Gasteiger partial charge on any atom is -0.490 e. The summed E-state index contributed by atoms with van der Waals surface area (Å²) in [5.41, 5.74) is 7.63. The molecule has 0 saturated carbocycles. The second-order valence-corrected chi connectivity index (χ2v) is 11.5. The Kier molecular flexibility index (Phi) is 12.1. The molecule has 40 heavy (non-hydrogen) atoms. The van der Waals surface area contributed by atoms with Crippen molar-refractivity contribution < 1.29 is 17.9 Å². The summed E-state index contributed by atoms with van der Waals surface area (Å²) < 4.78 is 39.3.